The van der Waals surface area contributed by atoms with Crippen LogP contribution in [0, 0.1) is 0 Å². The molecule has 0 unspecified atom stereocenters. The molecule has 0 rings (SSSR count). The normalized spacial score (nSPS) is 13.7. The fourth-order valence-electron chi connectivity index (χ4n) is 1.67. The predicted octanol–water partition coefficient (Wildman–Crippen LogP) is 4.91. The summed E-state index contributed by atoms with van der Waals surface area (Å²) in [6, 6.07) is 2.75. The Hall–Kier alpha value is 0.134. The Morgan fingerprint density at radius 1 is 1.00 bits per heavy atom. The molecule has 0 atom stereocenters. The smallest absolute Gasteiger partial charge is 0.0710 e. The van der Waals surface area contributed by atoms with Gasteiger partial charge in [-0.05, 0) is 30.6 Å². The Morgan fingerprint density at radius 2 is 1.56 bits per heavy atom. The van der Waals surface area contributed by atoms with Crippen LogP contribution < -0.4 is 5.32 Å². The Labute approximate surface area is 117 Å². The first kappa shape index (κ1) is 18.1. The summed E-state index contributed by atoms with van der Waals surface area (Å²) < 4.78 is 0. The fourth-order valence-corrected chi connectivity index (χ4v) is 4.52. The first-order valence-corrected chi connectivity index (χ1v) is 13.9. The van der Waals surface area contributed by atoms with Crippen molar-refractivity contribution in [1.29, 1.82) is 0 Å². The molecule has 0 spiro atoms. The lowest BCUT2D eigenvalue weighted by Gasteiger charge is -2.37. The summed E-state index contributed by atoms with van der Waals surface area (Å²) in [5.74, 6) is 0. The van der Waals surface area contributed by atoms with Crippen LogP contribution in [-0.4, -0.2) is 29.2 Å². The summed E-state index contributed by atoms with van der Waals surface area (Å²) >= 11 is 0. The third-order valence-corrected chi connectivity index (χ3v) is 13.0. The second-order valence-electron chi connectivity index (χ2n) is 7.93. The third kappa shape index (κ3) is 6.90. The van der Waals surface area contributed by atoms with Crippen molar-refractivity contribution < 1.29 is 0 Å². The van der Waals surface area contributed by atoms with Gasteiger partial charge in [-0.3, -0.25) is 0 Å². The molecule has 0 aliphatic rings. The maximum Gasteiger partial charge on any atom is 0.0710 e. The molecule has 1 N–H and O–H groups in total. The quantitative estimate of drug-likeness (QED) is 0.493. The van der Waals surface area contributed by atoms with E-state index in [1.165, 1.54) is 31.6 Å². The second-order valence-corrected chi connectivity index (χ2v) is 18.6. The van der Waals surface area contributed by atoms with E-state index in [1.54, 1.807) is 0 Å². The summed E-state index contributed by atoms with van der Waals surface area (Å²) in [5.41, 5.74) is 2.21. The largest absolute Gasteiger partial charge is 0.317 e. The van der Waals surface area contributed by atoms with Gasteiger partial charge in [-0.15, -0.1) is 12.3 Å². The number of rotatable bonds is 8. The maximum atomic E-state index is 3.95. The van der Waals surface area contributed by atoms with E-state index < -0.39 is 16.1 Å². The van der Waals surface area contributed by atoms with Crippen molar-refractivity contribution in [2.24, 2.45) is 0 Å². The van der Waals surface area contributed by atoms with Gasteiger partial charge in [0.2, 0.25) is 0 Å². The maximum absolute atomic E-state index is 3.95. The van der Waals surface area contributed by atoms with Crippen LogP contribution in [0.1, 0.15) is 27.2 Å². The van der Waals surface area contributed by atoms with Crippen molar-refractivity contribution in [3.05, 3.63) is 12.3 Å². The molecule has 0 saturated heterocycles. The summed E-state index contributed by atoms with van der Waals surface area (Å²) in [7, 11) is -2.15. The molecular formula is C15H35NSi2. The highest BCUT2D eigenvalue weighted by atomic mass is 28.3. The van der Waals surface area contributed by atoms with Gasteiger partial charge in [-0.25, -0.2) is 0 Å². The molecule has 0 bridgehead atoms. The minimum atomic E-state index is -1.08. The molecule has 0 aromatic carbocycles. The van der Waals surface area contributed by atoms with Crippen LogP contribution in [0.25, 0.3) is 0 Å². The van der Waals surface area contributed by atoms with Crippen LogP contribution in [0.15, 0.2) is 12.3 Å². The molecule has 1 nitrogen and oxygen atoms in total. The van der Waals surface area contributed by atoms with E-state index in [9.17, 15) is 0 Å². The highest BCUT2D eigenvalue weighted by Crippen LogP contribution is 2.38. The molecule has 0 aliphatic heterocycles. The van der Waals surface area contributed by atoms with Crippen molar-refractivity contribution in [2.45, 2.75) is 70.5 Å². The molecular weight excluding hydrogens is 250 g/mol. The fraction of sp³-hybridized carbons (Fsp3) is 0.867. The first-order chi connectivity index (χ1) is 8.02. The topological polar surface area (TPSA) is 12.0 Å². The van der Waals surface area contributed by atoms with Gasteiger partial charge in [0, 0.05) is 0 Å². The zero-order chi connectivity index (χ0) is 14.4. The van der Waals surface area contributed by atoms with E-state index >= 15 is 0 Å². The first-order valence-electron chi connectivity index (χ1n) is 7.36. The second kappa shape index (κ2) is 7.06. The molecule has 18 heavy (non-hydrogen) atoms. The zero-order valence-corrected chi connectivity index (χ0v) is 15.8. The van der Waals surface area contributed by atoms with E-state index in [-0.39, 0.29) is 0 Å². The molecule has 0 fully saturated rings. The van der Waals surface area contributed by atoms with Gasteiger partial charge in [0.25, 0.3) is 0 Å². The Bertz CT molecular complexity index is 252. The van der Waals surface area contributed by atoms with E-state index in [0.717, 1.165) is 0 Å². The summed E-state index contributed by atoms with van der Waals surface area (Å²) in [6.45, 7) is 23.4. The van der Waals surface area contributed by atoms with Crippen LogP contribution in [-0.2, 0) is 0 Å². The monoisotopic (exact) mass is 285 g/mol. The van der Waals surface area contributed by atoms with E-state index in [1.807, 2.05) is 0 Å². The number of hydrogen-bond donors (Lipinski definition) is 1. The van der Waals surface area contributed by atoms with Crippen LogP contribution in [0.4, 0.5) is 0 Å². The molecule has 3 heteroatoms. The van der Waals surface area contributed by atoms with Gasteiger partial charge < -0.3 is 5.32 Å². The molecule has 0 aliphatic carbocycles. The van der Waals surface area contributed by atoms with Crippen LogP contribution in [0.5, 0.6) is 0 Å². The molecule has 0 aromatic rings. The summed E-state index contributed by atoms with van der Waals surface area (Å²) in [4.78, 5) is 0. The molecule has 0 radical (unpaired) electrons. The minimum absolute atomic E-state index is 0.520. The number of nitrogens with one attached hydrogen (secondary N) is 1. The Morgan fingerprint density at radius 3 is 2.00 bits per heavy atom. The lowest BCUT2D eigenvalue weighted by Crippen LogP contribution is -2.39. The highest BCUT2D eigenvalue weighted by Gasteiger charge is 2.33. The highest BCUT2D eigenvalue weighted by molar-refractivity contribution is 6.82. The Kier molecular flexibility index (Phi) is 7.11. The van der Waals surface area contributed by atoms with Gasteiger partial charge in [0.05, 0.1) is 16.1 Å². The molecule has 0 amide bonds. The molecule has 0 saturated carbocycles. The predicted molar refractivity (Wildman–Crippen MR) is 92.0 cm³/mol. The van der Waals surface area contributed by atoms with Crippen LogP contribution in [0.3, 0.4) is 0 Å². The standard InChI is InChI=1S/C15H35NSi2/c1-9-17(5,6)13-10-11-16-12-14-18(7,8)15(2,3)4/h9,16H,1,10-14H2,2-8H3. The lowest BCUT2D eigenvalue weighted by molar-refractivity contribution is 0.668. The van der Waals surface area contributed by atoms with Crippen molar-refractivity contribution in [3.63, 3.8) is 0 Å². The summed E-state index contributed by atoms with van der Waals surface area (Å²) in [6.07, 6.45) is 1.31. The average Bonchev–Trinajstić information content (AvgIpc) is 2.21. The summed E-state index contributed by atoms with van der Waals surface area (Å²) in [5, 5.41) is 4.15. The average molecular weight is 286 g/mol. The Balaban J connectivity index is 3.73. The van der Waals surface area contributed by atoms with Crippen molar-refractivity contribution >= 4 is 16.1 Å². The van der Waals surface area contributed by atoms with Crippen LogP contribution >= 0.6 is 0 Å². The van der Waals surface area contributed by atoms with E-state index in [4.69, 9.17) is 0 Å². The zero-order valence-electron chi connectivity index (χ0n) is 13.8. The number of hydrogen-bond acceptors (Lipinski definition) is 1. The van der Waals surface area contributed by atoms with Gasteiger partial charge >= 0.3 is 0 Å². The lowest BCUT2D eigenvalue weighted by atomic mass is 10.2. The minimum Gasteiger partial charge on any atom is -0.317 e. The third-order valence-electron chi connectivity index (χ3n) is 4.68. The van der Waals surface area contributed by atoms with Gasteiger partial charge in [-0.1, -0.05) is 53.0 Å². The van der Waals surface area contributed by atoms with E-state index in [2.05, 4.69) is 64.6 Å². The van der Waals surface area contributed by atoms with Gasteiger partial charge in [0.15, 0.2) is 0 Å². The molecule has 0 aromatic heterocycles. The molecule has 0 heterocycles. The SMILES string of the molecule is C=C[Si](C)(C)CCCNCC[Si](C)(C)C(C)(C)C. The van der Waals surface area contributed by atoms with Crippen molar-refractivity contribution in [1.82, 2.24) is 5.32 Å². The van der Waals surface area contributed by atoms with Gasteiger partial charge in [-0.2, -0.15) is 0 Å². The van der Waals surface area contributed by atoms with Crippen molar-refractivity contribution in [2.75, 3.05) is 13.1 Å². The van der Waals surface area contributed by atoms with Crippen LogP contribution in [0.2, 0.25) is 43.3 Å². The van der Waals surface area contributed by atoms with Crippen molar-refractivity contribution in [3.8, 4) is 0 Å². The van der Waals surface area contributed by atoms with E-state index in [0.29, 0.717) is 5.04 Å². The van der Waals surface area contributed by atoms with Gasteiger partial charge in [0.1, 0.15) is 0 Å². The molecule has 108 valence electrons.